The van der Waals surface area contributed by atoms with Crippen molar-refractivity contribution in [3.8, 4) is 0 Å². The van der Waals surface area contributed by atoms with E-state index < -0.39 is 11.4 Å². The smallest absolute Gasteiger partial charge is 0.190 e. The van der Waals surface area contributed by atoms with Crippen LogP contribution in [0.1, 0.15) is 32.3 Å². The van der Waals surface area contributed by atoms with Gasteiger partial charge in [-0.25, -0.2) is 0 Å². The minimum Gasteiger partial charge on any atom is -0.364 e. The molecule has 4 heteroatoms. The van der Waals surface area contributed by atoms with E-state index in [9.17, 15) is 0 Å². The number of benzene rings is 1. The minimum atomic E-state index is -0.632. The van der Waals surface area contributed by atoms with Crippen LogP contribution in [0.25, 0.3) is 0 Å². The molecule has 1 unspecified atom stereocenters. The van der Waals surface area contributed by atoms with Gasteiger partial charge in [0, 0.05) is 0 Å². The molecule has 4 rings (SSSR count). The van der Waals surface area contributed by atoms with E-state index in [4.69, 9.17) is 18.9 Å². The van der Waals surface area contributed by atoms with E-state index in [0.29, 0.717) is 6.61 Å². The van der Waals surface area contributed by atoms with Crippen LogP contribution in [0.5, 0.6) is 0 Å². The first-order chi connectivity index (χ1) is 10.5. The number of hydrogen-bond donors (Lipinski definition) is 0. The van der Waals surface area contributed by atoms with E-state index in [1.54, 1.807) is 0 Å². The van der Waals surface area contributed by atoms with E-state index >= 15 is 0 Å². The Morgan fingerprint density at radius 2 is 2.00 bits per heavy atom. The van der Waals surface area contributed by atoms with Crippen LogP contribution >= 0.6 is 0 Å². The first-order valence-electron chi connectivity index (χ1n) is 7.87. The van der Waals surface area contributed by atoms with Gasteiger partial charge in [0.05, 0.1) is 6.61 Å². The number of rotatable bonds is 3. The highest BCUT2D eigenvalue weighted by Crippen LogP contribution is 2.53. The molecule has 4 nitrogen and oxygen atoms in total. The number of hydrogen-bond acceptors (Lipinski definition) is 4. The zero-order chi connectivity index (χ0) is 15.4. The molecule has 2 heterocycles. The Morgan fingerprint density at radius 3 is 2.77 bits per heavy atom. The number of ether oxygens (including phenoxy) is 4. The lowest BCUT2D eigenvalue weighted by atomic mass is 9.94. The van der Waals surface area contributed by atoms with Crippen LogP contribution in [0, 0.1) is 0 Å². The second kappa shape index (κ2) is 4.90. The van der Waals surface area contributed by atoms with Gasteiger partial charge in [0.25, 0.3) is 0 Å². The zero-order valence-electron chi connectivity index (χ0n) is 13.1. The maximum atomic E-state index is 6.39. The predicted molar refractivity (Wildman–Crippen MR) is 81.0 cm³/mol. The second-order valence-electron chi connectivity index (χ2n) is 6.83. The maximum absolute atomic E-state index is 6.39. The minimum absolute atomic E-state index is 0.137. The topological polar surface area (TPSA) is 36.9 Å². The maximum Gasteiger partial charge on any atom is 0.190 e. The van der Waals surface area contributed by atoms with Gasteiger partial charge in [-0.3, -0.25) is 0 Å². The summed E-state index contributed by atoms with van der Waals surface area (Å²) >= 11 is 0. The van der Waals surface area contributed by atoms with Crippen molar-refractivity contribution in [3.05, 3.63) is 48.0 Å². The summed E-state index contributed by atoms with van der Waals surface area (Å²) in [5, 5.41) is 0. The fraction of sp³-hybridized carbons (Fsp3) is 0.556. The van der Waals surface area contributed by atoms with Crippen LogP contribution in [-0.4, -0.2) is 29.9 Å². The van der Waals surface area contributed by atoms with Crippen molar-refractivity contribution in [2.24, 2.45) is 0 Å². The zero-order valence-corrected chi connectivity index (χ0v) is 13.1. The molecule has 0 N–H and O–H groups in total. The molecule has 2 saturated heterocycles. The second-order valence-corrected chi connectivity index (χ2v) is 6.83. The SMILES string of the molecule is C=C1CCC2(OCc3ccccc3)[C@@H]1O[C@@H]1OC(C)(C)O[C@@H]12. The van der Waals surface area contributed by atoms with Crippen molar-refractivity contribution in [1.82, 2.24) is 0 Å². The van der Waals surface area contributed by atoms with Crippen molar-refractivity contribution in [2.75, 3.05) is 0 Å². The monoisotopic (exact) mass is 302 g/mol. The predicted octanol–water partition coefficient (Wildman–Crippen LogP) is 3.17. The highest BCUT2D eigenvalue weighted by atomic mass is 16.8. The Kier molecular flexibility index (Phi) is 3.20. The first-order valence-corrected chi connectivity index (χ1v) is 7.87. The van der Waals surface area contributed by atoms with Gasteiger partial charge in [-0.1, -0.05) is 36.9 Å². The average Bonchev–Trinajstić information content (AvgIpc) is 3.06. The molecule has 1 aliphatic carbocycles. The highest BCUT2D eigenvalue weighted by Gasteiger charge is 2.67. The molecule has 1 aromatic carbocycles. The lowest BCUT2D eigenvalue weighted by molar-refractivity contribution is -0.228. The Morgan fingerprint density at radius 1 is 1.23 bits per heavy atom. The van der Waals surface area contributed by atoms with Crippen LogP contribution in [0.4, 0.5) is 0 Å². The largest absolute Gasteiger partial charge is 0.364 e. The summed E-state index contributed by atoms with van der Waals surface area (Å²) < 4.78 is 24.4. The Bertz CT molecular complexity index is 582. The summed E-state index contributed by atoms with van der Waals surface area (Å²) in [7, 11) is 0. The van der Waals surface area contributed by atoms with Crippen molar-refractivity contribution >= 4 is 0 Å². The lowest BCUT2D eigenvalue weighted by Gasteiger charge is -2.33. The molecule has 22 heavy (non-hydrogen) atoms. The third kappa shape index (κ3) is 2.14. The van der Waals surface area contributed by atoms with Crippen molar-refractivity contribution in [3.63, 3.8) is 0 Å². The first kappa shape index (κ1) is 14.4. The third-order valence-electron chi connectivity index (χ3n) is 4.81. The fourth-order valence-corrected chi connectivity index (χ4v) is 3.78. The normalized spacial score (nSPS) is 39.0. The molecular weight excluding hydrogens is 280 g/mol. The molecule has 118 valence electrons. The van der Waals surface area contributed by atoms with Gasteiger partial charge in [0.15, 0.2) is 12.1 Å². The standard InChI is InChI=1S/C18H22O4/c1-12-9-10-18(19-11-13-7-5-4-6-8-13)14(12)20-16-15(18)21-17(2,3)22-16/h4-8,14-16H,1,9-11H2,2-3H3/t14-,15+,16-,18?/m1/s1. The van der Waals surface area contributed by atoms with E-state index in [1.807, 2.05) is 32.0 Å². The lowest BCUT2D eigenvalue weighted by Crippen LogP contribution is -2.48. The fourth-order valence-electron chi connectivity index (χ4n) is 3.78. The number of fused-ring (bicyclic) bond motifs is 3. The Hall–Kier alpha value is -1.20. The quantitative estimate of drug-likeness (QED) is 0.804. The van der Waals surface area contributed by atoms with E-state index in [1.165, 1.54) is 0 Å². The van der Waals surface area contributed by atoms with Crippen LogP contribution in [0.2, 0.25) is 0 Å². The highest BCUT2D eigenvalue weighted by molar-refractivity contribution is 5.26. The van der Waals surface area contributed by atoms with Crippen LogP contribution < -0.4 is 0 Å². The molecule has 1 saturated carbocycles. The molecule has 3 fully saturated rings. The molecule has 0 aromatic heterocycles. The van der Waals surface area contributed by atoms with Gasteiger partial charge >= 0.3 is 0 Å². The molecule has 0 radical (unpaired) electrons. The molecule has 0 bridgehead atoms. The molecule has 1 aromatic rings. The van der Waals surface area contributed by atoms with Gasteiger partial charge in [0.2, 0.25) is 0 Å². The van der Waals surface area contributed by atoms with Crippen LogP contribution in [-0.2, 0) is 25.6 Å². The van der Waals surface area contributed by atoms with Gasteiger partial charge < -0.3 is 18.9 Å². The van der Waals surface area contributed by atoms with Crippen molar-refractivity contribution in [2.45, 2.75) is 63.2 Å². The van der Waals surface area contributed by atoms with E-state index in [2.05, 4.69) is 18.7 Å². The van der Waals surface area contributed by atoms with Gasteiger partial charge in [-0.15, -0.1) is 0 Å². The molecule has 2 aliphatic heterocycles. The Balaban J connectivity index is 1.59. The van der Waals surface area contributed by atoms with Crippen molar-refractivity contribution in [1.29, 1.82) is 0 Å². The molecule has 4 atom stereocenters. The Labute approximate surface area is 131 Å². The summed E-state index contributed by atoms with van der Waals surface area (Å²) in [4.78, 5) is 0. The van der Waals surface area contributed by atoms with Gasteiger partial charge in [-0.05, 0) is 37.8 Å². The average molecular weight is 302 g/mol. The van der Waals surface area contributed by atoms with Crippen LogP contribution in [0.15, 0.2) is 42.5 Å². The summed E-state index contributed by atoms with van der Waals surface area (Å²) in [5.41, 5.74) is 1.74. The van der Waals surface area contributed by atoms with E-state index in [-0.39, 0.29) is 18.5 Å². The molecule has 0 spiro atoms. The van der Waals surface area contributed by atoms with Gasteiger partial charge in [-0.2, -0.15) is 0 Å². The summed E-state index contributed by atoms with van der Waals surface area (Å²) in [5.74, 6) is -0.632. The molecule has 0 amide bonds. The van der Waals surface area contributed by atoms with Gasteiger partial charge in [0.1, 0.15) is 17.8 Å². The third-order valence-corrected chi connectivity index (χ3v) is 4.81. The summed E-state index contributed by atoms with van der Waals surface area (Å²) in [6.07, 6.45) is 1.07. The van der Waals surface area contributed by atoms with Crippen molar-refractivity contribution < 1.29 is 18.9 Å². The summed E-state index contributed by atoms with van der Waals surface area (Å²) in [6, 6.07) is 10.2. The molecule has 3 aliphatic rings. The van der Waals surface area contributed by atoms with E-state index in [0.717, 1.165) is 24.0 Å². The van der Waals surface area contributed by atoms with Crippen LogP contribution in [0.3, 0.4) is 0 Å². The summed E-state index contributed by atoms with van der Waals surface area (Å²) in [6.45, 7) is 8.52. The molecular formula is C18H22O4.